The highest BCUT2D eigenvalue weighted by Gasteiger charge is 2.30. The molecule has 0 aromatic rings. The predicted octanol–water partition coefficient (Wildman–Crippen LogP) is 23.8. The van der Waals surface area contributed by atoms with Crippen molar-refractivity contribution in [2.45, 2.75) is 444 Å². The van der Waals surface area contributed by atoms with Crippen LogP contribution in [0.4, 0.5) is 0 Å². The molecule has 0 aliphatic rings. The molecule has 0 saturated carbocycles. The van der Waals surface area contributed by atoms with Gasteiger partial charge in [-0.05, 0) is 25.7 Å². The molecular weight excluding hydrogens is 1280 g/mol. The second-order valence-electron chi connectivity index (χ2n) is 28.5. The molecule has 0 aromatic carbocycles. The minimum Gasteiger partial charge on any atom is -0.462 e. The van der Waals surface area contributed by atoms with Crippen molar-refractivity contribution in [3.8, 4) is 0 Å². The number of ether oxygens (including phenoxy) is 4. The molecule has 0 rings (SSSR count). The third-order valence-corrected chi connectivity index (χ3v) is 20.5. The number of phosphoric acid groups is 2. The van der Waals surface area contributed by atoms with Crippen molar-refractivity contribution < 1.29 is 80.2 Å². The third-order valence-electron chi connectivity index (χ3n) is 18.6. The van der Waals surface area contributed by atoms with Gasteiger partial charge >= 0.3 is 39.5 Å². The van der Waals surface area contributed by atoms with Crippen molar-refractivity contribution >= 4 is 39.5 Å². The standard InChI is InChI=1S/C79H154O17P2/c1-5-9-13-17-21-25-27-29-31-33-35-36-37-39-41-43-45-47-50-54-58-62-66-79(84)96-75(70-90-77(82)64-60-56-52-49-46-44-42-40-38-34-32-30-28-26-22-18-14-10-6-2)72-94-98(87,88)92-68-73(80)67-91-97(85,86)93-71-74(69-89-76(81)63-59-55-51-24-20-16-12-8-4)95-78(83)65-61-57-53-48-23-19-15-11-7-3/h73-75,80H,5-72H2,1-4H3,(H,85,86)(H,87,88)/t73-,74+,75+/m0/s1. The Kier molecular flexibility index (Phi) is 71.9. The fourth-order valence-electron chi connectivity index (χ4n) is 12.3. The maximum Gasteiger partial charge on any atom is 0.472 e. The first-order valence-corrected chi connectivity index (χ1v) is 44.3. The van der Waals surface area contributed by atoms with Gasteiger partial charge in [-0.25, -0.2) is 9.13 Å². The molecule has 98 heavy (non-hydrogen) atoms. The van der Waals surface area contributed by atoms with Crippen molar-refractivity contribution in [1.82, 2.24) is 0 Å². The maximum absolute atomic E-state index is 13.1. The maximum atomic E-state index is 13.1. The number of carbonyl (C=O) groups excluding carboxylic acids is 4. The molecule has 5 atom stereocenters. The van der Waals surface area contributed by atoms with Gasteiger partial charge in [0.2, 0.25) is 0 Å². The first-order valence-electron chi connectivity index (χ1n) is 41.3. The molecule has 0 aliphatic heterocycles. The van der Waals surface area contributed by atoms with Crippen molar-refractivity contribution in [2.24, 2.45) is 0 Å². The number of unbranched alkanes of at least 4 members (excludes halogenated alkanes) is 54. The van der Waals surface area contributed by atoms with Gasteiger partial charge in [-0.2, -0.15) is 0 Å². The molecular formula is C79H154O17P2. The van der Waals surface area contributed by atoms with Gasteiger partial charge < -0.3 is 33.8 Å². The smallest absolute Gasteiger partial charge is 0.462 e. The largest absolute Gasteiger partial charge is 0.472 e. The lowest BCUT2D eigenvalue weighted by molar-refractivity contribution is -0.161. The Bertz CT molecular complexity index is 1860. The summed E-state index contributed by atoms with van der Waals surface area (Å²) in [7, 11) is -9.90. The second kappa shape index (κ2) is 73.4. The molecule has 0 heterocycles. The summed E-state index contributed by atoms with van der Waals surface area (Å²) in [5.74, 6) is -2.11. The zero-order valence-electron chi connectivity index (χ0n) is 63.8. The summed E-state index contributed by atoms with van der Waals surface area (Å²) in [6.07, 6.45) is 65.6. The Morgan fingerprint density at radius 3 is 0.602 bits per heavy atom. The van der Waals surface area contributed by atoms with Crippen LogP contribution in [0.25, 0.3) is 0 Å². The van der Waals surface area contributed by atoms with Crippen LogP contribution in [0.2, 0.25) is 0 Å². The summed E-state index contributed by atoms with van der Waals surface area (Å²) < 4.78 is 68.4. The van der Waals surface area contributed by atoms with Gasteiger partial charge in [-0.3, -0.25) is 37.3 Å². The Balaban J connectivity index is 5.13. The number of rotatable bonds is 80. The Morgan fingerprint density at radius 1 is 0.245 bits per heavy atom. The van der Waals surface area contributed by atoms with E-state index in [4.69, 9.17) is 37.0 Å². The van der Waals surface area contributed by atoms with E-state index in [2.05, 4.69) is 27.7 Å². The number of phosphoric ester groups is 2. The molecule has 0 bridgehead atoms. The summed E-state index contributed by atoms with van der Waals surface area (Å²) in [6, 6.07) is 0. The van der Waals surface area contributed by atoms with E-state index in [1.807, 2.05) is 0 Å². The normalized spacial score (nSPS) is 13.8. The lowest BCUT2D eigenvalue weighted by Crippen LogP contribution is -2.30. The van der Waals surface area contributed by atoms with Crippen molar-refractivity contribution in [3.05, 3.63) is 0 Å². The number of esters is 4. The van der Waals surface area contributed by atoms with E-state index < -0.39 is 97.5 Å². The van der Waals surface area contributed by atoms with Crippen LogP contribution < -0.4 is 0 Å². The van der Waals surface area contributed by atoms with E-state index >= 15 is 0 Å². The van der Waals surface area contributed by atoms with Crippen molar-refractivity contribution in [1.29, 1.82) is 0 Å². The van der Waals surface area contributed by atoms with Gasteiger partial charge in [0.25, 0.3) is 0 Å². The van der Waals surface area contributed by atoms with Crippen LogP contribution in [0.15, 0.2) is 0 Å². The van der Waals surface area contributed by atoms with Gasteiger partial charge in [0.05, 0.1) is 26.4 Å². The molecule has 0 aliphatic carbocycles. The molecule has 0 radical (unpaired) electrons. The topological polar surface area (TPSA) is 237 Å². The van der Waals surface area contributed by atoms with Crippen molar-refractivity contribution in [2.75, 3.05) is 39.6 Å². The van der Waals surface area contributed by atoms with Crippen LogP contribution in [-0.4, -0.2) is 96.7 Å². The van der Waals surface area contributed by atoms with Crippen LogP contribution in [0.5, 0.6) is 0 Å². The molecule has 19 heteroatoms. The number of carbonyl (C=O) groups is 4. The number of aliphatic hydroxyl groups is 1. The van der Waals surface area contributed by atoms with Crippen LogP contribution in [0, 0.1) is 0 Å². The third kappa shape index (κ3) is 72.4. The van der Waals surface area contributed by atoms with E-state index in [0.29, 0.717) is 25.7 Å². The SMILES string of the molecule is CCCCCCCCCCCCCCCCCCCCCCCCC(=O)O[C@H](COC(=O)CCCCCCCCCCCCCCCCCCCCC)COP(=O)(O)OC[C@@H](O)COP(=O)(O)OC[C@@H](COC(=O)CCCCCCCCCC)OC(=O)CCCCCCCCCCC. The number of hydrogen-bond acceptors (Lipinski definition) is 15. The first kappa shape index (κ1) is 96.1. The number of hydrogen-bond donors (Lipinski definition) is 3. The minimum atomic E-state index is -4.96. The predicted molar refractivity (Wildman–Crippen MR) is 400 cm³/mol. The molecule has 17 nitrogen and oxygen atoms in total. The second-order valence-corrected chi connectivity index (χ2v) is 31.4. The molecule has 0 fully saturated rings. The summed E-state index contributed by atoms with van der Waals surface area (Å²) >= 11 is 0. The van der Waals surface area contributed by atoms with E-state index in [-0.39, 0.29) is 25.7 Å². The van der Waals surface area contributed by atoms with Crippen LogP contribution in [-0.2, 0) is 65.4 Å². The van der Waals surface area contributed by atoms with Crippen LogP contribution in [0.1, 0.15) is 426 Å². The number of aliphatic hydroxyl groups excluding tert-OH is 1. The van der Waals surface area contributed by atoms with Gasteiger partial charge in [-0.1, -0.05) is 374 Å². The fourth-order valence-corrected chi connectivity index (χ4v) is 13.9. The summed E-state index contributed by atoms with van der Waals surface area (Å²) in [6.45, 7) is 4.95. The summed E-state index contributed by atoms with van der Waals surface area (Å²) in [5.41, 5.74) is 0. The average molecular weight is 1440 g/mol. The zero-order chi connectivity index (χ0) is 71.8. The Labute approximate surface area is 600 Å². The van der Waals surface area contributed by atoms with Crippen molar-refractivity contribution in [3.63, 3.8) is 0 Å². The van der Waals surface area contributed by atoms with Gasteiger partial charge in [0.15, 0.2) is 12.2 Å². The van der Waals surface area contributed by atoms with E-state index in [9.17, 15) is 43.2 Å². The lowest BCUT2D eigenvalue weighted by atomic mass is 10.0. The highest BCUT2D eigenvalue weighted by atomic mass is 31.2. The summed E-state index contributed by atoms with van der Waals surface area (Å²) in [5, 5.41) is 10.6. The van der Waals surface area contributed by atoms with Gasteiger partial charge in [-0.15, -0.1) is 0 Å². The molecule has 0 aromatic heterocycles. The summed E-state index contributed by atoms with van der Waals surface area (Å²) in [4.78, 5) is 72.7. The quantitative estimate of drug-likeness (QED) is 0.0222. The van der Waals surface area contributed by atoms with E-state index in [0.717, 1.165) is 96.3 Å². The van der Waals surface area contributed by atoms with Crippen LogP contribution >= 0.6 is 15.6 Å². The molecule has 0 spiro atoms. The highest BCUT2D eigenvalue weighted by molar-refractivity contribution is 7.47. The monoisotopic (exact) mass is 1440 g/mol. The fraction of sp³-hybridized carbons (Fsp3) is 0.949. The molecule has 582 valence electrons. The van der Waals surface area contributed by atoms with E-state index in [1.54, 1.807) is 0 Å². The first-order chi connectivity index (χ1) is 47.7. The lowest BCUT2D eigenvalue weighted by Gasteiger charge is -2.21. The van der Waals surface area contributed by atoms with Crippen LogP contribution in [0.3, 0.4) is 0 Å². The average Bonchev–Trinajstić information content (AvgIpc) is 1.03. The molecule has 3 N–H and O–H groups in total. The zero-order valence-corrected chi connectivity index (χ0v) is 65.6. The highest BCUT2D eigenvalue weighted by Crippen LogP contribution is 2.45. The van der Waals surface area contributed by atoms with Gasteiger partial charge in [0.1, 0.15) is 19.3 Å². The van der Waals surface area contributed by atoms with Gasteiger partial charge in [0, 0.05) is 25.7 Å². The minimum absolute atomic E-state index is 0.106. The molecule has 0 amide bonds. The Morgan fingerprint density at radius 2 is 0.408 bits per heavy atom. The molecule has 0 saturated heterocycles. The Hall–Kier alpha value is -1.94. The molecule has 2 unspecified atom stereocenters. The van der Waals surface area contributed by atoms with E-state index in [1.165, 1.54) is 250 Å².